The van der Waals surface area contributed by atoms with E-state index in [0.717, 1.165) is 0 Å². The van der Waals surface area contributed by atoms with Gasteiger partial charge in [0.05, 0.1) is 17.8 Å². The zero-order valence-corrected chi connectivity index (χ0v) is 10.2. The van der Waals surface area contributed by atoms with Crippen molar-refractivity contribution >= 4 is 23.4 Å². The number of hydrogen-bond donors (Lipinski definition) is 2. The van der Waals surface area contributed by atoms with Gasteiger partial charge in [-0.2, -0.15) is 0 Å². The fourth-order valence-corrected chi connectivity index (χ4v) is 1.53. The van der Waals surface area contributed by atoms with Crippen LogP contribution in [-0.2, 0) is 6.54 Å². The average molecular weight is 268 g/mol. The molecule has 18 heavy (non-hydrogen) atoms. The maximum absolute atomic E-state index is 10.8. The number of carbonyl (C=O) groups is 1. The molecule has 0 bridgehead atoms. The fourth-order valence-electron chi connectivity index (χ4n) is 1.34. The molecule has 6 nitrogen and oxygen atoms in total. The first-order chi connectivity index (χ1) is 8.56. The molecule has 2 heterocycles. The summed E-state index contributed by atoms with van der Waals surface area (Å²) >= 11 is 5.71. The molecule has 0 aromatic carbocycles. The molecule has 0 atom stereocenters. The molecule has 94 valence electrons. The van der Waals surface area contributed by atoms with Gasteiger partial charge >= 0.3 is 5.97 Å². The van der Waals surface area contributed by atoms with Gasteiger partial charge in [-0.3, -0.25) is 0 Å². The van der Waals surface area contributed by atoms with E-state index in [1.54, 1.807) is 19.2 Å². The smallest absolute Gasteiger partial charge is 0.356 e. The SMILES string of the molecule is Cc1cnc(CNc2ccc(Cl)c(C(=O)O)n2)o1. The molecule has 7 heteroatoms. The quantitative estimate of drug-likeness (QED) is 0.884. The van der Waals surface area contributed by atoms with E-state index < -0.39 is 5.97 Å². The van der Waals surface area contributed by atoms with Crippen molar-refractivity contribution in [1.82, 2.24) is 9.97 Å². The van der Waals surface area contributed by atoms with Crippen molar-refractivity contribution in [2.24, 2.45) is 0 Å². The maximum atomic E-state index is 10.8. The monoisotopic (exact) mass is 267 g/mol. The largest absolute Gasteiger partial charge is 0.476 e. The predicted molar refractivity (Wildman–Crippen MR) is 64.8 cm³/mol. The van der Waals surface area contributed by atoms with Gasteiger partial charge in [-0.15, -0.1) is 0 Å². The van der Waals surface area contributed by atoms with Gasteiger partial charge in [0, 0.05) is 0 Å². The fraction of sp³-hybridized carbons (Fsp3) is 0.182. The van der Waals surface area contributed by atoms with E-state index in [9.17, 15) is 4.79 Å². The molecule has 0 radical (unpaired) electrons. The second-order valence-electron chi connectivity index (χ2n) is 3.55. The summed E-state index contributed by atoms with van der Waals surface area (Å²) in [6.45, 7) is 2.11. The van der Waals surface area contributed by atoms with E-state index in [-0.39, 0.29) is 10.7 Å². The van der Waals surface area contributed by atoms with Crippen molar-refractivity contribution in [2.45, 2.75) is 13.5 Å². The Morgan fingerprint density at radius 2 is 2.33 bits per heavy atom. The van der Waals surface area contributed by atoms with E-state index in [1.165, 1.54) is 6.07 Å². The van der Waals surface area contributed by atoms with Crippen LogP contribution in [0.1, 0.15) is 22.1 Å². The van der Waals surface area contributed by atoms with Crippen molar-refractivity contribution in [3.05, 3.63) is 40.7 Å². The molecule has 2 rings (SSSR count). The molecule has 2 aromatic rings. The number of anilines is 1. The zero-order valence-electron chi connectivity index (χ0n) is 9.48. The highest BCUT2D eigenvalue weighted by Crippen LogP contribution is 2.17. The predicted octanol–water partition coefficient (Wildman–Crippen LogP) is 2.34. The summed E-state index contributed by atoms with van der Waals surface area (Å²) in [5.41, 5.74) is -0.190. The second-order valence-corrected chi connectivity index (χ2v) is 3.96. The van der Waals surface area contributed by atoms with Crippen molar-refractivity contribution in [3.63, 3.8) is 0 Å². The second kappa shape index (κ2) is 5.05. The van der Waals surface area contributed by atoms with Gasteiger partial charge in [-0.1, -0.05) is 11.6 Å². The Balaban J connectivity index is 2.10. The van der Waals surface area contributed by atoms with Gasteiger partial charge in [-0.05, 0) is 19.1 Å². The first kappa shape index (κ1) is 12.4. The van der Waals surface area contributed by atoms with Gasteiger partial charge < -0.3 is 14.8 Å². The number of aromatic nitrogens is 2. The minimum Gasteiger partial charge on any atom is -0.476 e. The van der Waals surface area contributed by atoms with E-state index in [2.05, 4.69) is 15.3 Å². The summed E-state index contributed by atoms with van der Waals surface area (Å²) in [7, 11) is 0. The highest BCUT2D eigenvalue weighted by atomic mass is 35.5. The molecule has 0 spiro atoms. The summed E-state index contributed by atoms with van der Waals surface area (Å²) in [5, 5.41) is 11.9. The average Bonchev–Trinajstić information content (AvgIpc) is 2.74. The van der Waals surface area contributed by atoms with Crippen molar-refractivity contribution < 1.29 is 14.3 Å². The van der Waals surface area contributed by atoms with Crippen molar-refractivity contribution in [1.29, 1.82) is 0 Å². The lowest BCUT2D eigenvalue weighted by atomic mass is 10.3. The lowest BCUT2D eigenvalue weighted by molar-refractivity contribution is 0.0691. The molecule has 0 saturated carbocycles. The summed E-state index contributed by atoms with van der Waals surface area (Å²) in [6, 6.07) is 3.06. The molecule has 0 fully saturated rings. The molecule has 0 aliphatic heterocycles. The number of rotatable bonds is 4. The van der Waals surface area contributed by atoms with Gasteiger partial charge in [-0.25, -0.2) is 14.8 Å². The Morgan fingerprint density at radius 3 is 2.94 bits per heavy atom. The number of carboxylic acid groups (broad SMARTS) is 1. The minimum absolute atomic E-state index is 0.0972. The first-order valence-corrected chi connectivity index (χ1v) is 5.49. The number of aromatic carboxylic acids is 1. The third-order valence-corrected chi connectivity index (χ3v) is 2.44. The molecule has 0 unspecified atom stereocenters. The normalized spacial score (nSPS) is 10.3. The van der Waals surface area contributed by atoms with E-state index in [4.69, 9.17) is 21.1 Å². The minimum atomic E-state index is -1.17. The third-order valence-electron chi connectivity index (χ3n) is 2.14. The maximum Gasteiger partial charge on any atom is 0.356 e. The Hall–Kier alpha value is -2.08. The van der Waals surface area contributed by atoms with Crippen LogP contribution in [0.25, 0.3) is 0 Å². The number of nitrogens with zero attached hydrogens (tertiary/aromatic N) is 2. The van der Waals surface area contributed by atoms with Crippen LogP contribution in [0.4, 0.5) is 5.82 Å². The molecule has 2 N–H and O–H groups in total. The van der Waals surface area contributed by atoms with Crippen molar-refractivity contribution in [2.75, 3.05) is 5.32 Å². The Morgan fingerprint density at radius 1 is 1.56 bits per heavy atom. The van der Waals surface area contributed by atoms with Crippen molar-refractivity contribution in [3.8, 4) is 0 Å². The molecule has 0 saturated heterocycles. The highest BCUT2D eigenvalue weighted by Gasteiger charge is 2.11. The summed E-state index contributed by atoms with van der Waals surface area (Å²) in [5.74, 6) is 0.437. The topological polar surface area (TPSA) is 88.2 Å². The summed E-state index contributed by atoms with van der Waals surface area (Å²) in [4.78, 5) is 18.7. The first-order valence-electron chi connectivity index (χ1n) is 5.11. The Kier molecular flexibility index (Phi) is 3.47. The molecule has 0 aliphatic carbocycles. The van der Waals surface area contributed by atoms with Gasteiger partial charge in [0.15, 0.2) is 5.69 Å². The van der Waals surface area contributed by atoms with Crippen LogP contribution in [0, 0.1) is 6.92 Å². The van der Waals surface area contributed by atoms with Crippen LogP contribution < -0.4 is 5.32 Å². The molecular weight excluding hydrogens is 258 g/mol. The number of pyridine rings is 1. The lowest BCUT2D eigenvalue weighted by Gasteiger charge is -2.04. The molecule has 2 aromatic heterocycles. The number of aryl methyl sites for hydroxylation is 1. The number of halogens is 1. The van der Waals surface area contributed by atoms with Crippen LogP contribution in [0.15, 0.2) is 22.7 Å². The van der Waals surface area contributed by atoms with E-state index in [0.29, 0.717) is 24.0 Å². The third kappa shape index (κ3) is 2.78. The molecule has 0 amide bonds. The Labute approximate surface area is 108 Å². The van der Waals surface area contributed by atoms with Crippen LogP contribution in [0.3, 0.4) is 0 Å². The summed E-state index contributed by atoms with van der Waals surface area (Å²) in [6.07, 6.45) is 1.61. The Bertz CT molecular complexity index is 583. The molecular formula is C11H10ClN3O3. The highest BCUT2D eigenvalue weighted by molar-refractivity contribution is 6.33. The standard InChI is InChI=1S/C11H10ClN3O3/c1-6-4-14-9(18-6)5-13-8-3-2-7(12)10(15-8)11(16)17/h2-4H,5H2,1H3,(H,13,15)(H,16,17). The van der Waals surface area contributed by atoms with E-state index in [1.807, 2.05) is 0 Å². The number of hydrogen-bond acceptors (Lipinski definition) is 5. The van der Waals surface area contributed by atoms with E-state index >= 15 is 0 Å². The number of oxazole rings is 1. The number of nitrogens with one attached hydrogen (secondary N) is 1. The van der Waals surface area contributed by atoms with Crippen LogP contribution in [-0.4, -0.2) is 21.0 Å². The molecule has 0 aliphatic rings. The summed E-state index contributed by atoms with van der Waals surface area (Å²) < 4.78 is 5.26. The van der Waals surface area contributed by atoms with Crippen LogP contribution >= 0.6 is 11.6 Å². The van der Waals surface area contributed by atoms with Gasteiger partial charge in [0.2, 0.25) is 5.89 Å². The number of carboxylic acids is 1. The zero-order chi connectivity index (χ0) is 13.1. The van der Waals surface area contributed by atoms with Crippen LogP contribution in [0.2, 0.25) is 5.02 Å². The van der Waals surface area contributed by atoms with Crippen LogP contribution in [0.5, 0.6) is 0 Å². The lowest BCUT2D eigenvalue weighted by Crippen LogP contribution is -2.06. The van der Waals surface area contributed by atoms with Gasteiger partial charge in [0.1, 0.15) is 11.6 Å². The van der Waals surface area contributed by atoms with Gasteiger partial charge in [0.25, 0.3) is 0 Å².